The minimum Gasteiger partial charge on any atom is -0.269 e. The van der Waals surface area contributed by atoms with Crippen molar-refractivity contribution in [1.29, 1.82) is 0 Å². The van der Waals surface area contributed by atoms with E-state index in [2.05, 4.69) is 15.0 Å². The summed E-state index contributed by atoms with van der Waals surface area (Å²) in [4.78, 5) is 11.1. The van der Waals surface area contributed by atoms with Crippen LogP contribution in [0.3, 0.4) is 0 Å². The minimum absolute atomic E-state index is 0. The van der Waals surface area contributed by atoms with E-state index in [0.29, 0.717) is 0 Å². The Bertz CT molecular complexity index is 195. The van der Waals surface area contributed by atoms with Crippen LogP contribution in [0.1, 0.15) is 0 Å². The quantitative estimate of drug-likeness (QED) is 0.670. The number of nitrogens with zero attached hydrogens (tertiary/aromatic N) is 3. The van der Waals surface area contributed by atoms with Crippen molar-refractivity contribution in [3.05, 3.63) is 55.4 Å². The van der Waals surface area contributed by atoms with E-state index in [1.54, 1.807) is 30.9 Å². The lowest BCUT2D eigenvalue weighted by molar-refractivity contribution is 1.11. The van der Waals surface area contributed by atoms with Crippen molar-refractivity contribution in [3.63, 3.8) is 0 Å². The van der Waals surface area contributed by atoms with Crippen LogP contribution in [0.5, 0.6) is 0 Å². The summed E-state index contributed by atoms with van der Waals surface area (Å²) in [6.45, 7) is 0. The van der Waals surface area contributed by atoms with Gasteiger partial charge in [-0.1, -0.05) is 6.07 Å². The van der Waals surface area contributed by atoms with Crippen molar-refractivity contribution in [3.8, 4) is 0 Å². The lowest BCUT2D eigenvalue weighted by Gasteiger charge is -1.70. The molecule has 0 unspecified atom stereocenters. The van der Waals surface area contributed by atoms with Crippen molar-refractivity contribution in [2.45, 2.75) is 0 Å². The molecule has 0 bridgehead atoms. The van der Waals surface area contributed by atoms with Crippen LogP contribution in [0.2, 0.25) is 0 Å². The Hall–Kier alpha value is -1.49. The van der Waals surface area contributed by atoms with Gasteiger partial charge in [-0.3, -0.25) is 9.69 Å². The van der Waals surface area contributed by atoms with E-state index in [4.69, 9.17) is 0 Å². The van der Waals surface area contributed by atoms with E-state index < -0.39 is 0 Å². The summed E-state index contributed by atoms with van der Waals surface area (Å²) < 4.78 is 0. The lowest BCUT2D eigenvalue weighted by Crippen LogP contribution is -1.66. The molecule has 0 fully saturated rings. The molecule has 14 heavy (non-hydrogen) atoms. The summed E-state index contributed by atoms with van der Waals surface area (Å²) in [5.74, 6) is 0. The molecule has 0 aliphatic heterocycles. The molecule has 3 nitrogen and oxygen atoms in total. The highest BCUT2D eigenvalue weighted by atomic mass is 32.1. The Morgan fingerprint density at radius 3 is 1.21 bits per heavy atom. The molecular formula is C9H12FN3S. The van der Waals surface area contributed by atoms with E-state index in [0.717, 1.165) is 0 Å². The van der Waals surface area contributed by atoms with Crippen molar-refractivity contribution in [1.82, 2.24) is 15.0 Å². The maximum absolute atomic E-state index is 3.78. The number of pyridine rings is 1. The van der Waals surface area contributed by atoms with Gasteiger partial charge in [0, 0.05) is 24.8 Å². The standard InChI is InChI=1S/C5H5N.C4H4N2.FH.H2S/c1-2-4-6-5-3-1;1-2-5-4-6-3-1;;/h1-5H;1-4H;1H;1H2. The van der Waals surface area contributed by atoms with Gasteiger partial charge in [-0.2, -0.15) is 13.5 Å². The highest BCUT2D eigenvalue weighted by molar-refractivity contribution is 7.59. The van der Waals surface area contributed by atoms with Crippen LogP contribution >= 0.6 is 13.5 Å². The van der Waals surface area contributed by atoms with E-state index in [1.165, 1.54) is 6.33 Å². The molecule has 0 aliphatic rings. The Labute approximate surface area is 89.1 Å². The molecule has 0 spiro atoms. The summed E-state index contributed by atoms with van der Waals surface area (Å²) in [6, 6.07) is 7.49. The highest BCUT2D eigenvalue weighted by Gasteiger charge is 1.59. The van der Waals surface area contributed by atoms with Crippen molar-refractivity contribution >= 4 is 13.5 Å². The molecule has 0 saturated heterocycles. The van der Waals surface area contributed by atoms with Crippen LogP contribution < -0.4 is 0 Å². The fourth-order valence-corrected chi connectivity index (χ4v) is 0.566. The Balaban J connectivity index is 0. The van der Waals surface area contributed by atoms with Gasteiger partial charge in [0.05, 0.1) is 0 Å². The lowest BCUT2D eigenvalue weighted by atomic mass is 10.5. The molecule has 0 saturated carbocycles. The van der Waals surface area contributed by atoms with Gasteiger partial charge >= 0.3 is 0 Å². The summed E-state index contributed by atoms with van der Waals surface area (Å²) in [5, 5.41) is 0. The van der Waals surface area contributed by atoms with Gasteiger partial charge in [0.25, 0.3) is 0 Å². The molecule has 2 aromatic rings. The molecular weight excluding hydrogens is 201 g/mol. The monoisotopic (exact) mass is 213 g/mol. The fraction of sp³-hybridized carbons (Fsp3) is 0. The van der Waals surface area contributed by atoms with E-state index >= 15 is 0 Å². The average Bonchev–Trinajstić information content (AvgIpc) is 2.24. The minimum atomic E-state index is 0. The van der Waals surface area contributed by atoms with Gasteiger partial charge in [-0.15, -0.1) is 0 Å². The molecule has 2 heterocycles. The Morgan fingerprint density at radius 2 is 1.07 bits per heavy atom. The third-order valence-corrected chi connectivity index (χ3v) is 1.04. The average molecular weight is 213 g/mol. The smallest absolute Gasteiger partial charge is 0.115 e. The van der Waals surface area contributed by atoms with Gasteiger partial charge in [-0.05, 0) is 18.2 Å². The zero-order valence-electron chi connectivity index (χ0n) is 7.45. The number of hydrogen-bond acceptors (Lipinski definition) is 3. The third-order valence-electron chi connectivity index (χ3n) is 1.04. The summed E-state index contributed by atoms with van der Waals surface area (Å²) in [5.41, 5.74) is 0. The third kappa shape index (κ3) is 8.61. The largest absolute Gasteiger partial charge is 0.269 e. The second-order valence-electron chi connectivity index (χ2n) is 1.93. The highest BCUT2D eigenvalue weighted by Crippen LogP contribution is 1.73. The number of halogens is 1. The predicted octanol–water partition coefficient (Wildman–Crippen LogP) is 1.82. The van der Waals surface area contributed by atoms with Crippen LogP contribution in [0.15, 0.2) is 55.4 Å². The van der Waals surface area contributed by atoms with Gasteiger partial charge < -0.3 is 0 Å². The zero-order chi connectivity index (χ0) is 8.49. The van der Waals surface area contributed by atoms with Crippen molar-refractivity contribution in [2.75, 3.05) is 0 Å². The second kappa shape index (κ2) is 11.5. The maximum Gasteiger partial charge on any atom is 0.115 e. The summed E-state index contributed by atoms with van der Waals surface area (Å²) >= 11 is 0. The zero-order valence-corrected chi connectivity index (χ0v) is 8.45. The molecule has 0 aliphatic carbocycles. The first-order valence-corrected chi connectivity index (χ1v) is 3.55. The molecule has 0 amide bonds. The molecule has 2 aromatic heterocycles. The van der Waals surface area contributed by atoms with Gasteiger partial charge in [0.15, 0.2) is 0 Å². The van der Waals surface area contributed by atoms with Crippen LogP contribution in [-0.2, 0) is 0 Å². The van der Waals surface area contributed by atoms with Gasteiger partial charge in [0.1, 0.15) is 6.33 Å². The van der Waals surface area contributed by atoms with Gasteiger partial charge in [-0.25, -0.2) is 9.97 Å². The first kappa shape index (κ1) is 15.0. The fourth-order valence-electron chi connectivity index (χ4n) is 0.566. The van der Waals surface area contributed by atoms with Crippen molar-refractivity contribution < 1.29 is 4.70 Å². The Morgan fingerprint density at radius 1 is 0.571 bits per heavy atom. The van der Waals surface area contributed by atoms with Crippen LogP contribution in [0.4, 0.5) is 4.70 Å². The van der Waals surface area contributed by atoms with Crippen LogP contribution in [0.25, 0.3) is 0 Å². The molecule has 5 heteroatoms. The molecule has 0 radical (unpaired) electrons. The second-order valence-corrected chi connectivity index (χ2v) is 1.93. The number of hydrogen-bond donors (Lipinski definition) is 0. The predicted molar refractivity (Wildman–Crippen MR) is 59.2 cm³/mol. The van der Waals surface area contributed by atoms with Gasteiger partial charge in [0.2, 0.25) is 0 Å². The number of aromatic nitrogens is 3. The van der Waals surface area contributed by atoms with E-state index in [9.17, 15) is 0 Å². The molecule has 76 valence electrons. The first-order chi connectivity index (χ1) is 6.00. The first-order valence-electron chi connectivity index (χ1n) is 3.55. The topological polar surface area (TPSA) is 38.7 Å². The molecule has 0 aromatic carbocycles. The molecule has 0 atom stereocenters. The van der Waals surface area contributed by atoms with Crippen molar-refractivity contribution in [2.24, 2.45) is 0 Å². The number of rotatable bonds is 0. The van der Waals surface area contributed by atoms with E-state index in [1.807, 2.05) is 18.2 Å². The van der Waals surface area contributed by atoms with E-state index in [-0.39, 0.29) is 18.2 Å². The van der Waals surface area contributed by atoms with Crippen LogP contribution in [0, 0.1) is 0 Å². The Kier molecular flexibility index (Phi) is 12.3. The normalized spacial score (nSPS) is 6.86. The molecule has 2 rings (SSSR count). The molecule has 0 N–H and O–H groups in total. The SMILES string of the molecule is F.S.c1ccncc1.c1cncnc1. The summed E-state index contributed by atoms with van der Waals surface area (Å²) in [6.07, 6.45) is 8.38. The maximum atomic E-state index is 3.78. The van der Waals surface area contributed by atoms with Crippen LogP contribution in [-0.4, -0.2) is 15.0 Å². The summed E-state index contributed by atoms with van der Waals surface area (Å²) in [7, 11) is 0.